The number of aromatic nitrogens is 1. The van der Waals surface area contributed by atoms with Crippen LogP contribution in [0.5, 0.6) is 0 Å². The second-order valence-electron chi connectivity index (χ2n) is 5.97. The minimum atomic E-state index is -1.23. The molecule has 1 heterocycles. The van der Waals surface area contributed by atoms with Crippen LogP contribution in [0.25, 0.3) is 0 Å². The summed E-state index contributed by atoms with van der Waals surface area (Å²) in [7, 11) is -1.23. The van der Waals surface area contributed by atoms with Gasteiger partial charge in [0.15, 0.2) is 0 Å². The van der Waals surface area contributed by atoms with Crippen LogP contribution < -0.4 is 5.32 Å². The van der Waals surface area contributed by atoms with Crippen molar-refractivity contribution in [2.24, 2.45) is 5.92 Å². The van der Waals surface area contributed by atoms with Gasteiger partial charge in [-0.25, -0.2) is 4.98 Å². The quantitative estimate of drug-likeness (QED) is 0.797. The van der Waals surface area contributed by atoms with E-state index >= 15 is 0 Å². The smallest absolute Gasteiger partial charge is 0.235 e. The zero-order valence-corrected chi connectivity index (χ0v) is 15.1. The highest BCUT2D eigenvalue weighted by molar-refractivity contribution is 7.85. The molecule has 0 aliphatic heterocycles. The number of thiazole rings is 1. The van der Waals surface area contributed by atoms with Crippen LogP contribution in [0.4, 0.5) is 0 Å². The Labute approximate surface area is 134 Å². The van der Waals surface area contributed by atoms with Gasteiger partial charge in [0, 0.05) is 28.6 Å². The standard InChI is InChI=1S/C15H26N2O2S2/c1-10(2)6-7-16-14(18)12(5)21(19)9-13-8-20-15(17-13)11(3)4/h8,10-12H,6-7,9H2,1-5H3,(H,16,18)/t12-,21-/m1/s1. The Morgan fingerprint density at radius 3 is 2.52 bits per heavy atom. The Hall–Kier alpha value is -0.750. The monoisotopic (exact) mass is 330 g/mol. The van der Waals surface area contributed by atoms with Crippen LogP contribution >= 0.6 is 11.3 Å². The third kappa shape index (κ3) is 6.26. The zero-order valence-electron chi connectivity index (χ0n) is 13.5. The van der Waals surface area contributed by atoms with Crippen LogP contribution in [0.1, 0.15) is 57.7 Å². The number of carbonyl (C=O) groups excluding carboxylic acids is 1. The molecule has 21 heavy (non-hydrogen) atoms. The maximum absolute atomic E-state index is 12.2. The van der Waals surface area contributed by atoms with Gasteiger partial charge in [-0.2, -0.15) is 0 Å². The highest BCUT2D eigenvalue weighted by atomic mass is 32.2. The molecule has 120 valence electrons. The molecule has 1 rings (SSSR count). The van der Waals surface area contributed by atoms with E-state index in [2.05, 4.69) is 38.0 Å². The first-order chi connectivity index (χ1) is 9.81. The minimum Gasteiger partial charge on any atom is -0.355 e. The first-order valence-electron chi connectivity index (χ1n) is 7.40. The Morgan fingerprint density at radius 2 is 2.00 bits per heavy atom. The molecule has 0 saturated carbocycles. The fourth-order valence-electron chi connectivity index (χ4n) is 1.67. The van der Waals surface area contributed by atoms with Crippen LogP contribution in [0.2, 0.25) is 0 Å². The molecular formula is C15H26N2O2S2. The molecule has 0 fully saturated rings. The van der Waals surface area contributed by atoms with Gasteiger partial charge in [0.2, 0.25) is 5.91 Å². The summed E-state index contributed by atoms with van der Waals surface area (Å²) in [5, 5.41) is 5.35. The maximum atomic E-state index is 12.2. The van der Waals surface area contributed by atoms with Crippen LogP contribution in [0, 0.1) is 5.92 Å². The Kier molecular flexibility index (Phi) is 7.52. The van der Waals surface area contributed by atoms with Crippen molar-refractivity contribution in [3.05, 3.63) is 16.1 Å². The summed E-state index contributed by atoms with van der Waals surface area (Å²) in [6, 6.07) is 0. The van der Waals surface area contributed by atoms with Gasteiger partial charge in [-0.3, -0.25) is 9.00 Å². The van der Waals surface area contributed by atoms with E-state index in [0.29, 0.717) is 24.1 Å². The number of amides is 1. The minimum absolute atomic E-state index is 0.131. The van der Waals surface area contributed by atoms with E-state index in [9.17, 15) is 9.00 Å². The van der Waals surface area contributed by atoms with Gasteiger partial charge in [0.1, 0.15) is 5.25 Å². The van der Waals surface area contributed by atoms with E-state index in [1.165, 1.54) is 0 Å². The van der Waals surface area contributed by atoms with E-state index in [0.717, 1.165) is 17.1 Å². The zero-order chi connectivity index (χ0) is 16.0. The lowest BCUT2D eigenvalue weighted by atomic mass is 10.1. The molecule has 1 amide bonds. The van der Waals surface area contributed by atoms with Gasteiger partial charge in [0.25, 0.3) is 0 Å². The van der Waals surface area contributed by atoms with Crippen LogP contribution in [-0.4, -0.2) is 26.9 Å². The van der Waals surface area contributed by atoms with E-state index in [1.54, 1.807) is 18.3 Å². The summed E-state index contributed by atoms with van der Waals surface area (Å²) in [6.45, 7) is 10.8. The second kappa shape index (κ2) is 8.63. The fraction of sp³-hybridized carbons (Fsp3) is 0.733. The van der Waals surface area contributed by atoms with Gasteiger partial charge < -0.3 is 5.32 Å². The van der Waals surface area contributed by atoms with Crippen molar-refractivity contribution >= 4 is 28.0 Å². The molecule has 0 aliphatic carbocycles. The summed E-state index contributed by atoms with van der Waals surface area (Å²) in [6.07, 6.45) is 0.939. The Bertz CT molecular complexity index is 484. The Balaban J connectivity index is 2.47. The number of nitrogens with one attached hydrogen (secondary N) is 1. The number of hydrogen-bond acceptors (Lipinski definition) is 4. The summed E-state index contributed by atoms with van der Waals surface area (Å²) < 4.78 is 12.2. The number of carbonyl (C=O) groups is 1. The van der Waals surface area contributed by atoms with E-state index < -0.39 is 16.0 Å². The van der Waals surface area contributed by atoms with Crippen LogP contribution in [0.15, 0.2) is 5.38 Å². The summed E-state index contributed by atoms with van der Waals surface area (Å²) >= 11 is 1.59. The third-order valence-electron chi connectivity index (χ3n) is 3.14. The van der Waals surface area contributed by atoms with Crippen molar-refractivity contribution in [1.82, 2.24) is 10.3 Å². The lowest BCUT2D eigenvalue weighted by molar-refractivity contribution is -0.120. The second-order valence-corrected chi connectivity index (χ2v) is 8.62. The summed E-state index contributed by atoms with van der Waals surface area (Å²) in [5.74, 6) is 1.15. The molecule has 4 nitrogen and oxygen atoms in total. The number of hydrogen-bond donors (Lipinski definition) is 1. The van der Waals surface area contributed by atoms with Crippen LogP contribution in [-0.2, 0) is 21.3 Å². The largest absolute Gasteiger partial charge is 0.355 e. The van der Waals surface area contributed by atoms with Gasteiger partial charge in [-0.1, -0.05) is 27.7 Å². The van der Waals surface area contributed by atoms with Crippen molar-refractivity contribution in [2.75, 3.05) is 6.54 Å². The van der Waals surface area contributed by atoms with Gasteiger partial charge in [-0.05, 0) is 19.3 Å². The third-order valence-corrected chi connectivity index (χ3v) is 5.92. The van der Waals surface area contributed by atoms with Crippen molar-refractivity contribution in [3.63, 3.8) is 0 Å². The predicted octanol–water partition coefficient (Wildman–Crippen LogP) is 3.07. The highest BCUT2D eigenvalue weighted by Crippen LogP contribution is 2.20. The summed E-state index contributed by atoms with van der Waals surface area (Å²) in [4.78, 5) is 16.4. The molecule has 0 aromatic carbocycles. The van der Waals surface area contributed by atoms with E-state index in [-0.39, 0.29) is 5.91 Å². The lowest BCUT2D eigenvalue weighted by Crippen LogP contribution is -2.36. The van der Waals surface area contributed by atoms with Crippen molar-refractivity contribution in [3.8, 4) is 0 Å². The maximum Gasteiger partial charge on any atom is 0.235 e. The van der Waals surface area contributed by atoms with Crippen molar-refractivity contribution in [1.29, 1.82) is 0 Å². The van der Waals surface area contributed by atoms with Gasteiger partial charge in [0.05, 0.1) is 16.5 Å². The molecule has 0 spiro atoms. The van der Waals surface area contributed by atoms with Crippen LogP contribution in [0.3, 0.4) is 0 Å². The molecular weight excluding hydrogens is 304 g/mol. The first-order valence-corrected chi connectivity index (χ1v) is 9.66. The van der Waals surface area contributed by atoms with Crippen molar-refractivity contribution < 1.29 is 9.00 Å². The molecule has 1 N–H and O–H groups in total. The molecule has 0 saturated heterocycles. The molecule has 0 radical (unpaired) electrons. The number of nitrogens with zero attached hydrogens (tertiary/aromatic N) is 1. The normalized spacial score (nSPS) is 14.4. The van der Waals surface area contributed by atoms with E-state index in [4.69, 9.17) is 0 Å². The van der Waals surface area contributed by atoms with Gasteiger partial charge >= 0.3 is 0 Å². The highest BCUT2D eigenvalue weighted by Gasteiger charge is 2.21. The van der Waals surface area contributed by atoms with E-state index in [1.807, 2.05) is 5.38 Å². The lowest BCUT2D eigenvalue weighted by Gasteiger charge is -2.12. The number of rotatable bonds is 8. The topological polar surface area (TPSA) is 59.1 Å². The SMILES string of the molecule is CC(C)CCNC(=O)[C@@H](C)[S@](=O)Cc1csc(C(C)C)n1. The van der Waals surface area contributed by atoms with Crippen molar-refractivity contribution in [2.45, 2.75) is 58.0 Å². The van der Waals surface area contributed by atoms with Gasteiger partial charge in [-0.15, -0.1) is 11.3 Å². The average molecular weight is 331 g/mol. The molecule has 2 atom stereocenters. The molecule has 6 heteroatoms. The fourth-order valence-corrected chi connectivity index (χ4v) is 3.62. The first kappa shape index (κ1) is 18.3. The molecule has 1 aromatic rings. The average Bonchev–Trinajstić information content (AvgIpc) is 2.85. The predicted molar refractivity (Wildman–Crippen MR) is 90.0 cm³/mol. The molecule has 0 unspecified atom stereocenters. The molecule has 1 aromatic heterocycles. The Morgan fingerprint density at radius 1 is 1.33 bits per heavy atom. The molecule has 0 bridgehead atoms. The summed E-state index contributed by atoms with van der Waals surface area (Å²) in [5.41, 5.74) is 0.823. The molecule has 0 aliphatic rings.